The van der Waals surface area contributed by atoms with E-state index in [0.717, 1.165) is 13.1 Å². The summed E-state index contributed by atoms with van der Waals surface area (Å²) in [5.41, 5.74) is 6.29. The third-order valence-electron chi connectivity index (χ3n) is 4.01. The normalized spacial score (nSPS) is 28.8. The number of rotatable bonds is 4. The highest BCUT2D eigenvalue weighted by Crippen LogP contribution is 2.38. The van der Waals surface area contributed by atoms with Gasteiger partial charge in [0.1, 0.15) is 0 Å². The summed E-state index contributed by atoms with van der Waals surface area (Å²) < 4.78 is 1.18. The Morgan fingerprint density at radius 3 is 2.94 bits per heavy atom. The van der Waals surface area contributed by atoms with Gasteiger partial charge in [-0.2, -0.15) is 11.8 Å². The Labute approximate surface area is 126 Å². The molecule has 102 valence electrons. The summed E-state index contributed by atoms with van der Waals surface area (Å²) in [7, 11) is 2.23. The molecule has 2 atom stereocenters. The van der Waals surface area contributed by atoms with E-state index in [1.807, 2.05) is 11.3 Å². The fourth-order valence-corrected chi connectivity index (χ4v) is 5.62. The predicted molar refractivity (Wildman–Crippen MR) is 86.4 cm³/mol. The van der Waals surface area contributed by atoms with Crippen LogP contribution in [0.1, 0.15) is 24.6 Å². The van der Waals surface area contributed by atoms with Gasteiger partial charge in [0.25, 0.3) is 0 Å². The summed E-state index contributed by atoms with van der Waals surface area (Å²) in [5, 5.41) is 2.77. The topological polar surface area (TPSA) is 29.3 Å². The van der Waals surface area contributed by atoms with Crippen LogP contribution in [-0.2, 0) is 6.54 Å². The molecule has 2 nitrogen and oxygen atoms in total. The molecule has 0 saturated carbocycles. The van der Waals surface area contributed by atoms with Gasteiger partial charge >= 0.3 is 0 Å². The molecule has 1 aliphatic heterocycles. The highest BCUT2D eigenvalue weighted by Gasteiger charge is 2.41. The molecule has 1 fully saturated rings. The first-order valence-electron chi connectivity index (χ1n) is 6.34. The van der Waals surface area contributed by atoms with Gasteiger partial charge in [-0.3, -0.25) is 4.90 Å². The van der Waals surface area contributed by atoms with Gasteiger partial charge in [0.15, 0.2) is 0 Å². The molecular formula is C13H21BrN2S2. The second kappa shape index (κ2) is 6.27. The zero-order valence-corrected chi connectivity index (χ0v) is 14.2. The maximum Gasteiger partial charge on any atom is 0.0448 e. The first-order chi connectivity index (χ1) is 8.58. The zero-order valence-electron chi connectivity index (χ0n) is 11.0. The van der Waals surface area contributed by atoms with Crippen LogP contribution in [0.25, 0.3) is 0 Å². The van der Waals surface area contributed by atoms with Gasteiger partial charge in [-0.15, -0.1) is 11.3 Å². The Morgan fingerprint density at radius 1 is 1.61 bits per heavy atom. The molecule has 2 N–H and O–H groups in total. The average molecular weight is 349 g/mol. The smallest absolute Gasteiger partial charge is 0.0448 e. The molecule has 5 heteroatoms. The molecule has 0 aliphatic carbocycles. The van der Waals surface area contributed by atoms with Crippen molar-refractivity contribution in [2.24, 2.45) is 5.73 Å². The van der Waals surface area contributed by atoms with E-state index in [9.17, 15) is 0 Å². The highest BCUT2D eigenvalue weighted by molar-refractivity contribution is 9.10. The van der Waals surface area contributed by atoms with Gasteiger partial charge in [-0.1, -0.05) is 6.92 Å². The highest BCUT2D eigenvalue weighted by atomic mass is 79.9. The molecule has 2 rings (SSSR count). The van der Waals surface area contributed by atoms with E-state index >= 15 is 0 Å². The van der Waals surface area contributed by atoms with E-state index in [4.69, 9.17) is 5.73 Å². The third-order valence-corrected chi connectivity index (χ3v) is 7.15. The van der Waals surface area contributed by atoms with Crippen molar-refractivity contribution in [2.75, 3.05) is 19.3 Å². The second-order valence-corrected chi connectivity index (χ2v) is 8.37. The largest absolute Gasteiger partial charge is 0.329 e. The van der Waals surface area contributed by atoms with Crippen LogP contribution in [0.4, 0.5) is 0 Å². The summed E-state index contributed by atoms with van der Waals surface area (Å²) in [6.45, 7) is 4.08. The summed E-state index contributed by atoms with van der Waals surface area (Å²) >= 11 is 7.41. The zero-order chi connectivity index (χ0) is 13.2. The van der Waals surface area contributed by atoms with Crippen molar-refractivity contribution < 1.29 is 0 Å². The lowest BCUT2D eigenvalue weighted by Crippen LogP contribution is -2.59. The lowest BCUT2D eigenvalue weighted by atomic mass is 9.88. The summed E-state index contributed by atoms with van der Waals surface area (Å²) in [6, 6.07) is 2.21. The predicted octanol–water partition coefficient (Wildman–Crippen LogP) is 3.56. The molecule has 0 aromatic carbocycles. The molecule has 0 radical (unpaired) electrons. The molecule has 1 aromatic rings. The Morgan fingerprint density at radius 2 is 2.39 bits per heavy atom. The molecule has 1 aromatic heterocycles. The van der Waals surface area contributed by atoms with Crippen molar-refractivity contribution in [3.05, 3.63) is 20.8 Å². The Bertz CT molecular complexity index is 396. The third kappa shape index (κ3) is 2.96. The van der Waals surface area contributed by atoms with Crippen LogP contribution in [-0.4, -0.2) is 35.0 Å². The van der Waals surface area contributed by atoms with Gasteiger partial charge < -0.3 is 5.73 Å². The Hall–Kier alpha value is 0.450. The fraction of sp³-hybridized carbons (Fsp3) is 0.692. The van der Waals surface area contributed by atoms with Crippen LogP contribution in [0.2, 0.25) is 0 Å². The molecule has 2 heterocycles. The number of nitrogens with zero attached hydrogens (tertiary/aromatic N) is 1. The quantitative estimate of drug-likeness (QED) is 0.901. The maximum absolute atomic E-state index is 6.13. The molecule has 0 spiro atoms. The number of likely N-dealkylation sites (N-methyl/N-ethyl adjacent to an activating group) is 1. The minimum absolute atomic E-state index is 0.166. The Balaban J connectivity index is 2.11. The number of thioether (sulfide) groups is 1. The summed E-state index contributed by atoms with van der Waals surface area (Å²) in [4.78, 5) is 3.88. The second-order valence-electron chi connectivity index (χ2n) is 5.01. The Kier molecular flexibility index (Phi) is 5.17. The van der Waals surface area contributed by atoms with Gasteiger partial charge in [0.2, 0.25) is 0 Å². The van der Waals surface area contributed by atoms with Crippen molar-refractivity contribution in [1.82, 2.24) is 4.90 Å². The molecular weight excluding hydrogens is 328 g/mol. The van der Waals surface area contributed by atoms with Crippen LogP contribution in [0.15, 0.2) is 15.9 Å². The maximum atomic E-state index is 6.13. The van der Waals surface area contributed by atoms with E-state index < -0.39 is 0 Å². The molecule has 1 aliphatic rings. The van der Waals surface area contributed by atoms with Gasteiger partial charge in [0.05, 0.1) is 0 Å². The van der Waals surface area contributed by atoms with E-state index in [1.54, 1.807) is 0 Å². The fourth-order valence-electron chi connectivity index (χ4n) is 2.75. The van der Waals surface area contributed by atoms with E-state index in [2.05, 4.69) is 58.0 Å². The van der Waals surface area contributed by atoms with E-state index in [0.29, 0.717) is 5.25 Å². The van der Waals surface area contributed by atoms with Crippen LogP contribution in [0, 0.1) is 0 Å². The van der Waals surface area contributed by atoms with Crippen LogP contribution >= 0.6 is 39.0 Å². The first kappa shape index (κ1) is 14.9. The molecule has 18 heavy (non-hydrogen) atoms. The van der Waals surface area contributed by atoms with Crippen molar-refractivity contribution in [3.8, 4) is 0 Å². The SMILES string of the molecule is CC1SCCCC1(CN)N(C)Cc1cc(Br)cs1. The van der Waals surface area contributed by atoms with Gasteiger partial charge in [-0.05, 0) is 47.6 Å². The van der Waals surface area contributed by atoms with Crippen molar-refractivity contribution in [3.63, 3.8) is 0 Å². The average Bonchev–Trinajstić information content (AvgIpc) is 2.75. The van der Waals surface area contributed by atoms with Crippen molar-refractivity contribution in [1.29, 1.82) is 0 Å². The monoisotopic (exact) mass is 348 g/mol. The molecule has 1 saturated heterocycles. The minimum atomic E-state index is 0.166. The van der Waals surface area contributed by atoms with Crippen LogP contribution in [0.5, 0.6) is 0 Å². The first-order valence-corrected chi connectivity index (χ1v) is 9.06. The van der Waals surface area contributed by atoms with Gasteiger partial charge in [-0.25, -0.2) is 0 Å². The van der Waals surface area contributed by atoms with Crippen LogP contribution in [0.3, 0.4) is 0 Å². The number of thiophene rings is 1. The minimum Gasteiger partial charge on any atom is -0.329 e. The van der Waals surface area contributed by atoms with Crippen LogP contribution < -0.4 is 5.73 Å². The van der Waals surface area contributed by atoms with E-state index in [1.165, 1.54) is 27.9 Å². The van der Waals surface area contributed by atoms with E-state index in [-0.39, 0.29) is 5.54 Å². The van der Waals surface area contributed by atoms with Crippen molar-refractivity contribution in [2.45, 2.75) is 37.1 Å². The van der Waals surface area contributed by atoms with Gasteiger partial charge in [0, 0.05) is 38.6 Å². The summed E-state index contributed by atoms with van der Waals surface area (Å²) in [6.07, 6.45) is 2.51. The molecule has 0 amide bonds. The summed E-state index contributed by atoms with van der Waals surface area (Å²) in [5.74, 6) is 1.28. The molecule has 2 unspecified atom stereocenters. The lowest BCUT2D eigenvalue weighted by Gasteiger charge is -2.48. The molecule has 0 bridgehead atoms. The standard InChI is InChI=1S/C13H21BrN2S2/c1-10-13(9-15,4-3-5-17-10)16(2)7-12-6-11(14)8-18-12/h6,8,10H,3-5,7,9,15H2,1-2H3. The van der Waals surface area contributed by atoms with Crippen molar-refractivity contribution >= 4 is 39.0 Å². The number of halogens is 1. The number of hydrogen-bond donors (Lipinski definition) is 1. The number of nitrogens with two attached hydrogens (primary N) is 1. The lowest BCUT2D eigenvalue weighted by molar-refractivity contribution is 0.105. The number of hydrogen-bond acceptors (Lipinski definition) is 4.